The van der Waals surface area contributed by atoms with Crippen LogP contribution in [0.4, 0.5) is 0 Å². The van der Waals surface area contributed by atoms with Gasteiger partial charge in [0.05, 0.1) is 17.3 Å². The Kier molecular flexibility index (Phi) is 5.17. The summed E-state index contributed by atoms with van der Waals surface area (Å²) in [4.78, 5) is 23.9. The first kappa shape index (κ1) is 20.0. The van der Waals surface area contributed by atoms with Gasteiger partial charge in [-0.2, -0.15) is 0 Å². The molecule has 0 saturated heterocycles. The van der Waals surface area contributed by atoms with Crippen molar-refractivity contribution in [2.45, 2.75) is 38.6 Å². The average Bonchev–Trinajstić information content (AvgIpc) is 3.43. The summed E-state index contributed by atoms with van der Waals surface area (Å²) in [6, 6.07) is 5.30. The maximum atomic E-state index is 12.4. The molecule has 2 heterocycles. The highest BCUT2D eigenvalue weighted by Crippen LogP contribution is 2.57. The molecule has 0 radical (unpaired) electrons. The summed E-state index contributed by atoms with van der Waals surface area (Å²) in [7, 11) is 1.65. The molecule has 6 nitrogen and oxygen atoms in total. The molecule has 1 N–H and O–H groups in total. The van der Waals surface area contributed by atoms with Gasteiger partial charge in [0, 0.05) is 44.0 Å². The molecule has 1 aliphatic heterocycles. The van der Waals surface area contributed by atoms with E-state index in [1.54, 1.807) is 7.11 Å². The van der Waals surface area contributed by atoms with Gasteiger partial charge in [-0.05, 0) is 42.4 Å². The molecule has 7 heteroatoms. The van der Waals surface area contributed by atoms with Crippen LogP contribution in [0, 0.1) is 5.41 Å². The second-order valence-corrected chi connectivity index (χ2v) is 8.56. The Labute approximate surface area is 174 Å². The summed E-state index contributed by atoms with van der Waals surface area (Å²) < 4.78 is 12.9. The highest BCUT2D eigenvalue weighted by atomic mass is 35.5. The zero-order chi connectivity index (χ0) is 20.8. The van der Waals surface area contributed by atoms with Gasteiger partial charge in [-0.1, -0.05) is 18.5 Å². The Hall–Kier alpha value is -2.31. The third kappa shape index (κ3) is 3.67. The molecule has 0 amide bonds. The van der Waals surface area contributed by atoms with E-state index in [1.807, 2.05) is 16.7 Å². The lowest BCUT2D eigenvalue weighted by Gasteiger charge is -2.35. The van der Waals surface area contributed by atoms with E-state index in [0.717, 1.165) is 36.8 Å². The lowest BCUT2D eigenvalue weighted by atomic mass is 9.85. The lowest BCUT2D eigenvalue weighted by molar-refractivity contribution is 0.0694. The number of methoxy groups -OCH3 is 1. The summed E-state index contributed by atoms with van der Waals surface area (Å²) in [6.07, 6.45) is 5.16. The number of pyridine rings is 1. The highest BCUT2D eigenvalue weighted by Gasteiger charge is 2.47. The quantitative estimate of drug-likeness (QED) is 0.684. The van der Waals surface area contributed by atoms with Gasteiger partial charge in [0.2, 0.25) is 0 Å². The second-order valence-electron chi connectivity index (χ2n) is 8.16. The summed E-state index contributed by atoms with van der Waals surface area (Å²) in [6.45, 7) is 3.33. The van der Waals surface area contributed by atoms with Crippen LogP contribution in [-0.2, 0) is 11.2 Å². The third-order valence-electron chi connectivity index (χ3n) is 6.09. The third-order valence-corrected chi connectivity index (χ3v) is 6.38. The molecule has 1 aliphatic carbocycles. The van der Waals surface area contributed by atoms with Crippen LogP contribution < -0.4 is 10.2 Å². The van der Waals surface area contributed by atoms with E-state index < -0.39 is 11.4 Å². The van der Waals surface area contributed by atoms with Crippen molar-refractivity contribution >= 4 is 17.6 Å². The van der Waals surface area contributed by atoms with Crippen LogP contribution in [0.2, 0.25) is 5.02 Å². The molecular formula is C22H24ClNO5. The van der Waals surface area contributed by atoms with Crippen LogP contribution >= 0.6 is 11.6 Å². The summed E-state index contributed by atoms with van der Waals surface area (Å²) in [5.41, 5.74) is 2.04. The van der Waals surface area contributed by atoms with E-state index in [0.29, 0.717) is 29.7 Å². The van der Waals surface area contributed by atoms with Crippen LogP contribution in [0.25, 0.3) is 11.3 Å². The van der Waals surface area contributed by atoms with Crippen molar-refractivity contribution in [3.8, 4) is 17.0 Å². The van der Waals surface area contributed by atoms with Crippen molar-refractivity contribution in [3.05, 3.63) is 50.8 Å². The normalized spacial score (nSPS) is 18.7. The van der Waals surface area contributed by atoms with Gasteiger partial charge < -0.3 is 19.1 Å². The van der Waals surface area contributed by atoms with Crippen molar-refractivity contribution in [2.24, 2.45) is 5.41 Å². The molecule has 1 aromatic carbocycles. The van der Waals surface area contributed by atoms with E-state index in [9.17, 15) is 14.7 Å². The minimum atomic E-state index is -1.20. The zero-order valence-corrected chi connectivity index (χ0v) is 17.3. The summed E-state index contributed by atoms with van der Waals surface area (Å²) >= 11 is 6.46. The van der Waals surface area contributed by atoms with Crippen molar-refractivity contribution in [1.82, 2.24) is 4.57 Å². The number of rotatable bonds is 7. The van der Waals surface area contributed by atoms with E-state index in [2.05, 4.69) is 6.92 Å². The highest BCUT2D eigenvalue weighted by molar-refractivity contribution is 6.32. The first-order valence-electron chi connectivity index (χ1n) is 9.78. The second kappa shape index (κ2) is 7.50. The molecule has 0 bridgehead atoms. The molecule has 2 aromatic rings. The number of carboxylic acid groups (broad SMARTS) is 1. The van der Waals surface area contributed by atoms with Gasteiger partial charge in [0.1, 0.15) is 11.3 Å². The smallest absolute Gasteiger partial charge is 0.341 e. The molecule has 0 unspecified atom stereocenters. The first-order chi connectivity index (χ1) is 13.8. The van der Waals surface area contributed by atoms with E-state index in [4.69, 9.17) is 21.1 Å². The van der Waals surface area contributed by atoms with Gasteiger partial charge >= 0.3 is 5.97 Å². The van der Waals surface area contributed by atoms with Crippen LogP contribution in [0.3, 0.4) is 0 Å². The largest absolute Gasteiger partial charge is 0.492 e. The van der Waals surface area contributed by atoms with E-state index in [1.165, 1.54) is 12.3 Å². The molecule has 29 heavy (non-hydrogen) atoms. The van der Waals surface area contributed by atoms with Crippen LogP contribution in [0.5, 0.6) is 5.75 Å². The Balaban J connectivity index is 1.79. The SMILES string of the molecule is COCCCOc1cc2c(cc1Cl)-c1cc(=O)c(C(=O)O)cn1[C@H](C1(C)CC1)C2. The number of benzene rings is 1. The van der Waals surface area contributed by atoms with Crippen molar-refractivity contribution in [1.29, 1.82) is 0 Å². The molecule has 4 rings (SSSR count). The molecule has 1 atom stereocenters. The molecule has 1 saturated carbocycles. The number of carboxylic acids is 1. The van der Waals surface area contributed by atoms with Gasteiger partial charge in [0.15, 0.2) is 5.43 Å². The number of hydrogen-bond acceptors (Lipinski definition) is 4. The Morgan fingerprint density at radius 3 is 2.72 bits per heavy atom. The Bertz CT molecular complexity index is 1020. The fourth-order valence-electron chi connectivity index (χ4n) is 4.10. The standard InChI is InChI=1S/C22H24ClNO5/c1-22(4-5-22)20-9-13-8-19(29-7-3-6-28-2)16(23)10-14(13)17-11-18(25)15(21(26)27)12-24(17)20/h8,10-12,20H,3-7,9H2,1-2H3,(H,26,27)/t20-/m0/s1. The predicted octanol–water partition coefficient (Wildman–Crippen LogP) is 4.18. The topological polar surface area (TPSA) is 77.8 Å². The minimum Gasteiger partial charge on any atom is -0.492 e. The van der Waals surface area contributed by atoms with Crippen LogP contribution in [0.1, 0.15) is 48.1 Å². The number of ether oxygens (including phenoxy) is 2. The number of halogens is 1. The maximum Gasteiger partial charge on any atom is 0.341 e. The summed E-state index contributed by atoms with van der Waals surface area (Å²) in [5.74, 6) is -0.576. The Morgan fingerprint density at radius 1 is 1.31 bits per heavy atom. The van der Waals surface area contributed by atoms with Crippen LogP contribution in [0.15, 0.2) is 29.2 Å². The van der Waals surface area contributed by atoms with E-state index in [-0.39, 0.29) is 17.0 Å². The molecule has 2 aliphatic rings. The monoisotopic (exact) mass is 417 g/mol. The maximum absolute atomic E-state index is 12.4. The van der Waals surface area contributed by atoms with Crippen molar-refractivity contribution < 1.29 is 19.4 Å². The molecule has 154 valence electrons. The number of nitrogens with zero attached hydrogens (tertiary/aromatic N) is 1. The number of hydrogen-bond donors (Lipinski definition) is 1. The van der Waals surface area contributed by atoms with Gasteiger partial charge in [0.25, 0.3) is 0 Å². The first-order valence-corrected chi connectivity index (χ1v) is 10.2. The fourth-order valence-corrected chi connectivity index (χ4v) is 4.32. The molecule has 0 spiro atoms. The number of fused-ring (bicyclic) bond motifs is 3. The van der Waals surface area contributed by atoms with E-state index >= 15 is 0 Å². The lowest BCUT2D eigenvalue weighted by Crippen LogP contribution is -2.29. The van der Waals surface area contributed by atoms with Gasteiger partial charge in [-0.25, -0.2) is 4.79 Å². The number of carbonyl (C=O) groups is 1. The molecule has 1 aromatic heterocycles. The molecule has 1 fully saturated rings. The molecular weight excluding hydrogens is 394 g/mol. The van der Waals surface area contributed by atoms with Gasteiger partial charge in [-0.15, -0.1) is 0 Å². The van der Waals surface area contributed by atoms with Crippen LogP contribution in [-0.4, -0.2) is 36.0 Å². The number of aromatic carboxylic acids is 1. The van der Waals surface area contributed by atoms with Crippen molar-refractivity contribution in [2.75, 3.05) is 20.3 Å². The predicted molar refractivity (Wildman–Crippen MR) is 110 cm³/mol. The zero-order valence-electron chi connectivity index (χ0n) is 16.5. The van der Waals surface area contributed by atoms with Gasteiger partial charge in [-0.3, -0.25) is 4.79 Å². The van der Waals surface area contributed by atoms with Crippen molar-refractivity contribution in [3.63, 3.8) is 0 Å². The minimum absolute atomic E-state index is 0.0891. The number of aromatic nitrogens is 1. The average molecular weight is 418 g/mol. The summed E-state index contributed by atoms with van der Waals surface area (Å²) in [5, 5.41) is 9.88. The fraction of sp³-hybridized carbons (Fsp3) is 0.455. The Morgan fingerprint density at radius 2 is 2.07 bits per heavy atom.